The van der Waals surface area contributed by atoms with Crippen molar-refractivity contribution in [3.05, 3.63) is 18.0 Å². The van der Waals surface area contributed by atoms with E-state index in [2.05, 4.69) is 28.6 Å². The number of hydrogen-bond acceptors (Lipinski definition) is 4. The highest BCUT2D eigenvalue weighted by molar-refractivity contribution is 14.0. The summed E-state index contributed by atoms with van der Waals surface area (Å²) in [5, 5.41) is 7.77. The Kier molecular flexibility index (Phi) is 9.25. The number of guanidine groups is 1. The van der Waals surface area contributed by atoms with Crippen LogP contribution in [0.2, 0.25) is 0 Å². The number of aromatic nitrogens is 1. The Labute approximate surface area is 130 Å². The van der Waals surface area contributed by atoms with Gasteiger partial charge in [0, 0.05) is 32.0 Å². The molecule has 1 unspecified atom stereocenters. The summed E-state index contributed by atoms with van der Waals surface area (Å²) in [4.78, 5) is 6.26. The van der Waals surface area contributed by atoms with E-state index in [-0.39, 0.29) is 24.0 Å². The van der Waals surface area contributed by atoms with Crippen molar-refractivity contribution in [2.24, 2.45) is 4.99 Å². The molecular weight excluding hydrogens is 363 g/mol. The van der Waals surface area contributed by atoms with Gasteiger partial charge in [-0.05, 0) is 6.26 Å². The highest BCUT2D eigenvalue weighted by Crippen LogP contribution is 2.04. The molecule has 0 aliphatic carbocycles. The van der Waals surface area contributed by atoms with Crippen LogP contribution in [-0.2, 0) is 6.54 Å². The first-order valence-corrected chi connectivity index (χ1v) is 6.80. The van der Waals surface area contributed by atoms with Crippen LogP contribution in [0.25, 0.3) is 0 Å². The summed E-state index contributed by atoms with van der Waals surface area (Å²) < 4.78 is 4.80. The first kappa shape index (κ1) is 17.6. The summed E-state index contributed by atoms with van der Waals surface area (Å²) in [6.45, 7) is 3.77. The normalized spacial score (nSPS) is 12.8. The standard InChI is InChI=1S/C11H20N4OS.HI/c1-9(17-4)7-13-11(12-2)15(3)8-10-5-6-16-14-10;/h5-6,9H,7-8H2,1-4H3,(H,12,13);1H. The van der Waals surface area contributed by atoms with E-state index in [0.29, 0.717) is 11.8 Å². The van der Waals surface area contributed by atoms with Crippen LogP contribution in [0.15, 0.2) is 21.8 Å². The minimum Gasteiger partial charge on any atom is -0.364 e. The summed E-state index contributed by atoms with van der Waals surface area (Å²) in [5.41, 5.74) is 0.897. The fraction of sp³-hybridized carbons (Fsp3) is 0.636. The zero-order valence-corrected chi connectivity index (χ0v) is 14.4. The van der Waals surface area contributed by atoms with Gasteiger partial charge in [-0.15, -0.1) is 24.0 Å². The van der Waals surface area contributed by atoms with Gasteiger partial charge in [0.05, 0.1) is 6.54 Å². The highest BCUT2D eigenvalue weighted by Gasteiger charge is 2.09. The second-order valence-corrected chi connectivity index (χ2v) is 5.10. The Bertz CT molecular complexity index is 345. The predicted molar refractivity (Wildman–Crippen MR) is 87.7 cm³/mol. The number of rotatable bonds is 5. The number of halogens is 1. The number of aliphatic imine (C=N–C) groups is 1. The molecule has 0 aliphatic rings. The first-order chi connectivity index (χ1) is 8.17. The van der Waals surface area contributed by atoms with Crippen LogP contribution in [0.1, 0.15) is 12.6 Å². The van der Waals surface area contributed by atoms with Crippen LogP contribution in [0.4, 0.5) is 0 Å². The number of nitrogens with zero attached hydrogens (tertiary/aromatic N) is 3. The van der Waals surface area contributed by atoms with Gasteiger partial charge in [0.2, 0.25) is 0 Å². The van der Waals surface area contributed by atoms with Crippen molar-refractivity contribution in [1.29, 1.82) is 0 Å². The summed E-state index contributed by atoms with van der Waals surface area (Å²) >= 11 is 1.83. The molecule has 1 aromatic rings. The van der Waals surface area contributed by atoms with Gasteiger partial charge in [-0.1, -0.05) is 12.1 Å². The highest BCUT2D eigenvalue weighted by atomic mass is 127. The zero-order chi connectivity index (χ0) is 12.7. The molecular formula is C11H21IN4OS. The third kappa shape index (κ3) is 5.94. The maximum absolute atomic E-state index is 4.80. The SMILES string of the molecule is CN=C(NCC(C)SC)N(C)Cc1ccon1.I. The number of hydrogen-bond donors (Lipinski definition) is 1. The largest absolute Gasteiger partial charge is 0.364 e. The molecule has 0 fully saturated rings. The molecule has 7 heteroatoms. The quantitative estimate of drug-likeness (QED) is 0.479. The van der Waals surface area contributed by atoms with Crippen LogP contribution >= 0.6 is 35.7 Å². The minimum absolute atomic E-state index is 0. The molecule has 104 valence electrons. The van der Waals surface area contributed by atoms with Crippen molar-refractivity contribution < 1.29 is 4.52 Å². The van der Waals surface area contributed by atoms with E-state index >= 15 is 0 Å². The van der Waals surface area contributed by atoms with E-state index in [1.807, 2.05) is 29.8 Å². The molecule has 5 nitrogen and oxygen atoms in total. The Balaban J connectivity index is 0.00000289. The Morgan fingerprint density at radius 3 is 2.89 bits per heavy atom. The second kappa shape index (κ2) is 9.48. The molecule has 0 aliphatic heterocycles. The predicted octanol–water partition coefficient (Wildman–Crippen LogP) is 2.05. The smallest absolute Gasteiger partial charge is 0.193 e. The molecule has 0 spiro atoms. The van der Waals surface area contributed by atoms with E-state index in [1.165, 1.54) is 0 Å². The number of nitrogens with one attached hydrogen (secondary N) is 1. The van der Waals surface area contributed by atoms with E-state index in [0.717, 1.165) is 18.2 Å². The fourth-order valence-corrected chi connectivity index (χ4v) is 1.59. The monoisotopic (exact) mass is 384 g/mol. The topological polar surface area (TPSA) is 53.7 Å². The molecule has 18 heavy (non-hydrogen) atoms. The lowest BCUT2D eigenvalue weighted by Gasteiger charge is -2.22. The van der Waals surface area contributed by atoms with E-state index < -0.39 is 0 Å². The van der Waals surface area contributed by atoms with Crippen LogP contribution in [0, 0.1) is 0 Å². The van der Waals surface area contributed by atoms with Crippen molar-refractivity contribution in [2.75, 3.05) is 26.9 Å². The molecule has 0 bridgehead atoms. The molecule has 1 N–H and O–H groups in total. The van der Waals surface area contributed by atoms with Crippen molar-refractivity contribution in [1.82, 2.24) is 15.4 Å². The summed E-state index contributed by atoms with van der Waals surface area (Å²) in [7, 11) is 3.76. The molecule has 0 radical (unpaired) electrons. The van der Waals surface area contributed by atoms with Gasteiger partial charge in [0.15, 0.2) is 5.96 Å². The summed E-state index contributed by atoms with van der Waals surface area (Å²) in [6.07, 6.45) is 3.68. The zero-order valence-electron chi connectivity index (χ0n) is 11.2. The third-order valence-corrected chi connectivity index (χ3v) is 3.39. The van der Waals surface area contributed by atoms with Gasteiger partial charge in [0.25, 0.3) is 0 Å². The van der Waals surface area contributed by atoms with Crippen LogP contribution in [-0.4, -0.2) is 48.2 Å². The van der Waals surface area contributed by atoms with Crippen LogP contribution in [0.3, 0.4) is 0 Å². The maximum atomic E-state index is 4.80. The van der Waals surface area contributed by atoms with Crippen LogP contribution in [0.5, 0.6) is 0 Å². The summed E-state index contributed by atoms with van der Waals surface area (Å²) in [5.74, 6) is 0.869. The molecule has 1 heterocycles. The van der Waals surface area contributed by atoms with Crippen molar-refractivity contribution in [3.63, 3.8) is 0 Å². The van der Waals surface area contributed by atoms with Gasteiger partial charge < -0.3 is 14.7 Å². The fourth-order valence-electron chi connectivity index (χ4n) is 1.34. The van der Waals surface area contributed by atoms with Gasteiger partial charge in [-0.3, -0.25) is 4.99 Å². The molecule has 0 saturated carbocycles. The lowest BCUT2D eigenvalue weighted by atomic mass is 10.4. The molecule has 1 rings (SSSR count). The van der Waals surface area contributed by atoms with Crippen molar-refractivity contribution in [3.8, 4) is 0 Å². The Morgan fingerprint density at radius 2 is 2.39 bits per heavy atom. The summed E-state index contributed by atoms with van der Waals surface area (Å²) in [6, 6.07) is 1.86. The third-order valence-electron chi connectivity index (χ3n) is 2.41. The Hall–Kier alpha value is -0.440. The Morgan fingerprint density at radius 1 is 1.67 bits per heavy atom. The average molecular weight is 384 g/mol. The first-order valence-electron chi connectivity index (χ1n) is 5.51. The van der Waals surface area contributed by atoms with Crippen LogP contribution < -0.4 is 5.32 Å². The van der Waals surface area contributed by atoms with E-state index in [1.54, 1.807) is 13.3 Å². The average Bonchev–Trinajstić information content (AvgIpc) is 2.82. The number of thioether (sulfide) groups is 1. The maximum Gasteiger partial charge on any atom is 0.193 e. The van der Waals surface area contributed by atoms with Gasteiger partial charge in [0.1, 0.15) is 12.0 Å². The van der Waals surface area contributed by atoms with E-state index in [4.69, 9.17) is 4.52 Å². The molecule has 1 atom stereocenters. The molecule has 0 amide bonds. The lowest BCUT2D eigenvalue weighted by Crippen LogP contribution is -2.40. The van der Waals surface area contributed by atoms with Gasteiger partial charge >= 0.3 is 0 Å². The van der Waals surface area contributed by atoms with Crippen molar-refractivity contribution in [2.45, 2.75) is 18.7 Å². The van der Waals surface area contributed by atoms with E-state index in [9.17, 15) is 0 Å². The van der Waals surface area contributed by atoms with Crippen molar-refractivity contribution >= 4 is 41.7 Å². The lowest BCUT2D eigenvalue weighted by molar-refractivity contribution is 0.391. The minimum atomic E-state index is 0. The van der Waals surface area contributed by atoms with Gasteiger partial charge in [-0.2, -0.15) is 11.8 Å². The molecule has 0 saturated heterocycles. The molecule has 0 aromatic carbocycles. The van der Waals surface area contributed by atoms with Gasteiger partial charge in [-0.25, -0.2) is 0 Å². The molecule has 1 aromatic heterocycles. The second-order valence-electron chi connectivity index (χ2n) is 3.82.